The highest BCUT2D eigenvalue weighted by atomic mass is 32.3. The molecule has 0 fully saturated rings. The van der Waals surface area contributed by atoms with E-state index in [4.69, 9.17) is 17.5 Å². The third-order valence-electron chi connectivity index (χ3n) is 1.41. The molecule has 1 rings (SSSR count). The van der Waals surface area contributed by atoms with E-state index in [9.17, 15) is 0 Å². The number of benzene rings is 1. The van der Waals surface area contributed by atoms with E-state index < -0.39 is 10.4 Å². The zero-order valence-electron chi connectivity index (χ0n) is 8.65. The summed E-state index contributed by atoms with van der Waals surface area (Å²) in [5, 5.41) is 0. The molecule has 0 aliphatic rings. The van der Waals surface area contributed by atoms with E-state index in [1.54, 1.807) is 0 Å². The van der Waals surface area contributed by atoms with Crippen molar-refractivity contribution in [2.24, 2.45) is 0 Å². The summed E-state index contributed by atoms with van der Waals surface area (Å²) in [5.74, 6) is 0. The highest BCUT2D eigenvalue weighted by Gasteiger charge is 1.84. The van der Waals surface area contributed by atoms with Gasteiger partial charge in [0.2, 0.25) is 0 Å². The Hall–Kier alpha value is -1.43. The van der Waals surface area contributed by atoms with Crippen LogP contribution >= 0.6 is 0 Å². The molecular formula is C11H14O4S. The van der Waals surface area contributed by atoms with Gasteiger partial charge < -0.3 is 0 Å². The van der Waals surface area contributed by atoms with E-state index in [0.717, 1.165) is 6.42 Å². The molecule has 0 aliphatic heterocycles. The first-order chi connectivity index (χ1) is 7.43. The van der Waals surface area contributed by atoms with E-state index in [-0.39, 0.29) is 0 Å². The van der Waals surface area contributed by atoms with Crippen LogP contribution < -0.4 is 0 Å². The number of allylic oxidation sites excluding steroid dienone is 2. The van der Waals surface area contributed by atoms with Gasteiger partial charge in [-0.1, -0.05) is 48.6 Å². The molecule has 1 aromatic carbocycles. The van der Waals surface area contributed by atoms with Crippen LogP contribution in [-0.2, 0) is 10.4 Å². The fourth-order valence-corrected chi connectivity index (χ4v) is 0.864. The predicted molar refractivity (Wildman–Crippen MR) is 64.5 cm³/mol. The number of hydrogen-bond donors (Lipinski definition) is 2. The molecule has 0 aliphatic carbocycles. The van der Waals surface area contributed by atoms with Crippen molar-refractivity contribution in [1.82, 2.24) is 0 Å². The topological polar surface area (TPSA) is 74.6 Å². The van der Waals surface area contributed by atoms with Crippen molar-refractivity contribution >= 4 is 16.5 Å². The SMILES string of the molecule is C=CCC=Cc1ccccc1.O=S(=O)(O)O. The Morgan fingerprint density at radius 1 is 1.19 bits per heavy atom. The zero-order valence-corrected chi connectivity index (χ0v) is 9.47. The maximum absolute atomic E-state index is 8.74. The van der Waals surface area contributed by atoms with Crippen molar-refractivity contribution in [2.45, 2.75) is 6.42 Å². The Kier molecular flexibility index (Phi) is 7.11. The minimum Gasteiger partial charge on any atom is -0.264 e. The summed E-state index contributed by atoms with van der Waals surface area (Å²) >= 11 is 0. The van der Waals surface area contributed by atoms with E-state index in [0.29, 0.717) is 0 Å². The molecule has 2 N–H and O–H groups in total. The standard InChI is InChI=1S/C11H12.H2O4S/c1-2-3-5-8-11-9-6-4-7-10-11;1-5(2,3)4/h2,4-10H,1,3H2;(H2,1,2,3,4). The zero-order chi connectivity index (χ0) is 12.4. The summed E-state index contributed by atoms with van der Waals surface area (Å²) in [6, 6.07) is 10.3. The van der Waals surface area contributed by atoms with Crippen molar-refractivity contribution < 1.29 is 17.5 Å². The van der Waals surface area contributed by atoms with E-state index in [2.05, 4.69) is 30.9 Å². The summed E-state index contributed by atoms with van der Waals surface area (Å²) in [5.41, 5.74) is 1.24. The molecule has 5 heteroatoms. The summed E-state index contributed by atoms with van der Waals surface area (Å²) in [6.45, 7) is 3.64. The molecule has 88 valence electrons. The van der Waals surface area contributed by atoms with Gasteiger partial charge in [0.05, 0.1) is 0 Å². The molecule has 0 amide bonds. The second-order valence-corrected chi connectivity index (χ2v) is 3.68. The molecular weight excluding hydrogens is 228 g/mol. The van der Waals surface area contributed by atoms with Gasteiger partial charge in [-0.15, -0.1) is 6.58 Å². The molecule has 0 saturated carbocycles. The van der Waals surface area contributed by atoms with Gasteiger partial charge in [0.1, 0.15) is 0 Å². The quantitative estimate of drug-likeness (QED) is 0.631. The fraction of sp³-hybridized carbons (Fsp3) is 0.0909. The molecule has 0 unspecified atom stereocenters. The van der Waals surface area contributed by atoms with Crippen LogP contribution in [-0.4, -0.2) is 17.5 Å². The van der Waals surface area contributed by atoms with Crippen LogP contribution in [0.1, 0.15) is 12.0 Å². The van der Waals surface area contributed by atoms with Gasteiger partial charge >= 0.3 is 10.4 Å². The van der Waals surface area contributed by atoms with Gasteiger partial charge in [-0.3, -0.25) is 9.11 Å². The van der Waals surface area contributed by atoms with Crippen molar-refractivity contribution in [3.05, 3.63) is 54.6 Å². The smallest absolute Gasteiger partial charge is 0.264 e. The average Bonchev–Trinajstić information content (AvgIpc) is 2.17. The van der Waals surface area contributed by atoms with Crippen molar-refractivity contribution in [3.63, 3.8) is 0 Å². The van der Waals surface area contributed by atoms with Gasteiger partial charge in [0, 0.05) is 0 Å². The fourth-order valence-electron chi connectivity index (χ4n) is 0.864. The van der Waals surface area contributed by atoms with E-state index in [1.807, 2.05) is 24.3 Å². The molecule has 0 heterocycles. The molecule has 1 aromatic rings. The maximum atomic E-state index is 8.74. The largest absolute Gasteiger partial charge is 0.394 e. The summed E-state index contributed by atoms with van der Waals surface area (Å²) in [7, 11) is -4.67. The second-order valence-electron chi connectivity index (χ2n) is 2.79. The van der Waals surface area contributed by atoms with Crippen LogP contribution in [0.4, 0.5) is 0 Å². The van der Waals surface area contributed by atoms with Crippen LogP contribution in [0.25, 0.3) is 6.08 Å². The van der Waals surface area contributed by atoms with Crippen LogP contribution in [0.15, 0.2) is 49.1 Å². The number of hydrogen-bond acceptors (Lipinski definition) is 2. The predicted octanol–water partition coefficient (Wildman–Crippen LogP) is 2.62. The molecule has 16 heavy (non-hydrogen) atoms. The second kappa shape index (κ2) is 7.81. The Morgan fingerprint density at radius 2 is 1.69 bits per heavy atom. The van der Waals surface area contributed by atoms with Crippen LogP contribution in [0.5, 0.6) is 0 Å². The lowest BCUT2D eigenvalue weighted by molar-refractivity contribution is 0.381. The first kappa shape index (κ1) is 14.6. The monoisotopic (exact) mass is 242 g/mol. The first-order valence-corrected chi connectivity index (χ1v) is 5.85. The highest BCUT2D eigenvalue weighted by molar-refractivity contribution is 7.79. The molecule has 0 radical (unpaired) electrons. The minimum absolute atomic E-state index is 0.939. The summed E-state index contributed by atoms with van der Waals surface area (Å²) < 4.78 is 31.6. The van der Waals surface area contributed by atoms with Crippen LogP contribution in [0.3, 0.4) is 0 Å². The average molecular weight is 242 g/mol. The molecule has 0 atom stereocenters. The van der Waals surface area contributed by atoms with Gasteiger partial charge in [0.15, 0.2) is 0 Å². The number of rotatable bonds is 3. The van der Waals surface area contributed by atoms with Crippen molar-refractivity contribution in [1.29, 1.82) is 0 Å². The third-order valence-corrected chi connectivity index (χ3v) is 1.41. The highest BCUT2D eigenvalue weighted by Crippen LogP contribution is 2.01. The molecule has 0 saturated heterocycles. The van der Waals surface area contributed by atoms with Gasteiger partial charge in [-0.05, 0) is 12.0 Å². The van der Waals surface area contributed by atoms with E-state index >= 15 is 0 Å². The van der Waals surface area contributed by atoms with Gasteiger partial charge in [0.25, 0.3) is 0 Å². The van der Waals surface area contributed by atoms with Gasteiger partial charge in [-0.25, -0.2) is 0 Å². The Balaban J connectivity index is 0.000000385. The van der Waals surface area contributed by atoms with E-state index in [1.165, 1.54) is 5.56 Å². The van der Waals surface area contributed by atoms with Crippen molar-refractivity contribution in [3.8, 4) is 0 Å². The van der Waals surface area contributed by atoms with Crippen LogP contribution in [0.2, 0.25) is 0 Å². The van der Waals surface area contributed by atoms with Crippen molar-refractivity contribution in [2.75, 3.05) is 0 Å². The molecule has 0 spiro atoms. The minimum atomic E-state index is -4.67. The summed E-state index contributed by atoms with van der Waals surface area (Å²) in [4.78, 5) is 0. The lowest BCUT2D eigenvalue weighted by atomic mass is 10.2. The molecule has 0 bridgehead atoms. The molecule has 0 aromatic heterocycles. The van der Waals surface area contributed by atoms with Crippen LogP contribution in [0, 0.1) is 0 Å². The maximum Gasteiger partial charge on any atom is 0.394 e. The normalized spacial score (nSPS) is 10.6. The molecule has 4 nitrogen and oxygen atoms in total. The van der Waals surface area contributed by atoms with Gasteiger partial charge in [-0.2, -0.15) is 8.42 Å². The summed E-state index contributed by atoms with van der Waals surface area (Å²) in [6.07, 6.45) is 7.03. The first-order valence-electron chi connectivity index (χ1n) is 4.46. The lowest BCUT2D eigenvalue weighted by Crippen LogP contribution is -1.89. The third kappa shape index (κ3) is 12.6. The lowest BCUT2D eigenvalue weighted by Gasteiger charge is -1.88. The Labute approximate surface area is 95.5 Å². The Bertz CT molecular complexity index is 413. The Morgan fingerprint density at radius 3 is 2.12 bits per heavy atom.